The molecule has 1 amide bonds. The highest BCUT2D eigenvalue weighted by Gasteiger charge is 2.23. The predicted molar refractivity (Wildman–Crippen MR) is 64.6 cm³/mol. The summed E-state index contributed by atoms with van der Waals surface area (Å²) < 4.78 is 1.16. The molecule has 0 bridgehead atoms. The van der Waals surface area contributed by atoms with Crippen LogP contribution in [0.1, 0.15) is 24.3 Å². The molecule has 82 valence electrons. The zero-order valence-electron chi connectivity index (χ0n) is 8.77. The van der Waals surface area contributed by atoms with E-state index in [1.54, 1.807) is 11.3 Å². The van der Waals surface area contributed by atoms with Crippen LogP contribution in [-0.4, -0.2) is 17.4 Å². The molecule has 1 aromatic heterocycles. The topological polar surface area (TPSA) is 42.0 Å². The SMILES string of the molecule is O=C1NCCCC1c1ccc2ncsc2c1. The Bertz CT molecular complexity index is 535. The van der Waals surface area contributed by atoms with Crippen LogP contribution in [-0.2, 0) is 4.79 Å². The fourth-order valence-electron chi connectivity index (χ4n) is 2.18. The Labute approximate surface area is 97.5 Å². The maximum Gasteiger partial charge on any atom is 0.227 e. The third-order valence-corrected chi connectivity index (χ3v) is 3.83. The molecule has 3 rings (SSSR count). The predicted octanol–water partition coefficient (Wildman–Crippen LogP) is 2.29. The van der Waals surface area contributed by atoms with Gasteiger partial charge in [0.15, 0.2) is 0 Å². The van der Waals surface area contributed by atoms with Crippen LogP contribution < -0.4 is 5.32 Å². The second-order valence-electron chi connectivity index (χ2n) is 4.07. The summed E-state index contributed by atoms with van der Waals surface area (Å²) >= 11 is 1.62. The van der Waals surface area contributed by atoms with Gasteiger partial charge in [0.25, 0.3) is 0 Å². The Morgan fingerprint density at radius 2 is 2.38 bits per heavy atom. The van der Waals surface area contributed by atoms with Crippen LogP contribution in [0.25, 0.3) is 10.2 Å². The summed E-state index contributed by atoms with van der Waals surface area (Å²) in [5.41, 5.74) is 3.98. The lowest BCUT2D eigenvalue weighted by Gasteiger charge is -2.21. The number of hydrogen-bond acceptors (Lipinski definition) is 3. The summed E-state index contributed by atoms with van der Waals surface area (Å²) in [4.78, 5) is 16.0. The van der Waals surface area contributed by atoms with E-state index >= 15 is 0 Å². The van der Waals surface area contributed by atoms with Crippen molar-refractivity contribution < 1.29 is 4.79 Å². The van der Waals surface area contributed by atoms with Crippen molar-refractivity contribution in [3.05, 3.63) is 29.3 Å². The van der Waals surface area contributed by atoms with E-state index in [1.807, 2.05) is 17.6 Å². The number of benzene rings is 1. The van der Waals surface area contributed by atoms with Crippen LogP contribution >= 0.6 is 11.3 Å². The molecule has 0 radical (unpaired) electrons. The lowest BCUT2D eigenvalue weighted by Crippen LogP contribution is -2.34. The van der Waals surface area contributed by atoms with E-state index in [0.717, 1.165) is 35.2 Å². The van der Waals surface area contributed by atoms with E-state index in [9.17, 15) is 4.79 Å². The van der Waals surface area contributed by atoms with Crippen molar-refractivity contribution in [2.24, 2.45) is 0 Å². The van der Waals surface area contributed by atoms with E-state index < -0.39 is 0 Å². The number of fused-ring (bicyclic) bond motifs is 1. The lowest BCUT2D eigenvalue weighted by atomic mass is 9.91. The Kier molecular flexibility index (Phi) is 2.36. The van der Waals surface area contributed by atoms with Gasteiger partial charge in [0.05, 0.1) is 21.6 Å². The highest BCUT2D eigenvalue weighted by Crippen LogP contribution is 2.28. The van der Waals surface area contributed by atoms with Gasteiger partial charge >= 0.3 is 0 Å². The zero-order chi connectivity index (χ0) is 11.0. The van der Waals surface area contributed by atoms with Gasteiger partial charge < -0.3 is 5.32 Å². The molecule has 4 heteroatoms. The van der Waals surface area contributed by atoms with Crippen molar-refractivity contribution in [2.75, 3.05) is 6.54 Å². The first-order valence-electron chi connectivity index (χ1n) is 5.45. The molecule has 0 saturated carbocycles. The minimum atomic E-state index is 0.0280. The average molecular weight is 232 g/mol. The van der Waals surface area contributed by atoms with Gasteiger partial charge in [0, 0.05) is 6.54 Å². The molecule has 1 aromatic carbocycles. The summed E-state index contributed by atoms with van der Waals surface area (Å²) in [5.74, 6) is 0.190. The number of nitrogens with one attached hydrogen (secondary N) is 1. The average Bonchev–Trinajstić information content (AvgIpc) is 2.76. The third-order valence-electron chi connectivity index (χ3n) is 3.04. The van der Waals surface area contributed by atoms with E-state index in [0.29, 0.717) is 0 Å². The lowest BCUT2D eigenvalue weighted by molar-refractivity contribution is -0.123. The molecule has 1 N–H and O–H groups in total. The summed E-state index contributed by atoms with van der Waals surface area (Å²) in [7, 11) is 0. The molecule has 1 saturated heterocycles. The zero-order valence-corrected chi connectivity index (χ0v) is 9.59. The number of aromatic nitrogens is 1. The first-order chi connectivity index (χ1) is 7.84. The second kappa shape index (κ2) is 3.87. The Morgan fingerprint density at radius 1 is 1.44 bits per heavy atom. The van der Waals surface area contributed by atoms with E-state index in [4.69, 9.17) is 0 Å². The molecule has 1 aliphatic rings. The molecule has 1 atom stereocenters. The minimum Gasteiger partial charge on any atom is -0.356 e. The van der Waals surface area contributed by atoms with Gasteiger partial charge in [-0.1, -0.05) is 6.07 Å². The van der Waals surface area contributed by atoms with Crippen molar-refractivity contribution in [2.45, 2.75) is 18.8 Å². The molecule has 1 aliphatic heterocycles. The summed E-state index contributed by atoms with van der Waals surface area (Å²) in [5, 5.41) is 2.92. The van der Waals surface area contributed by atoms with Crippen LogP contribution in [0, 0.1) is 0 Å². The largest absolute Gasteiger partial charge is 0.356 e. The molecule has 16 heavy (non-hydrogen) atoms. The molecule has 0 spiro atoms. The fraction of sp³-hybridized carbons (Fsp3) is 0.333. The normalized spacial score (nSPS) is 21.0. The van der Waals surface area contributed by atoms with Crippen LogP contribution in [0.5, 0.6) is 0 Å². The first-order valence-corrected chi connectivity index (χ1v) is 6.33. The van der Waals surface area contributed by atoms with Crippen molar-refractivity contribution in [1.82, 2.24) is 10.3 Å². The maximum absolute atomic E-state index is 11.7. The quantitative estimate of drug-likeness (QED) is 0.819. The minimum absolute atomic E-state index is 0.0280. The Balaban J connectivity index is 2.00. The molecule has 1 unspecified atom stereocenters. The molecular weight excluding hydrogens is 220 g/mol. The number of piperidine rings is 1. The smallest absolute Gasteiger partial charge is 0.227 e. The number of rotatable bonds is 1. The van der Waals surface area contributed by atoms with Gasteiger partial charge in [-0.2, -0.15) is 0 Å². The van der Waals surface area contributed by atoms with E-state index in [-0.39, 0.29) is 11.8 Å². The number of carbonyl (C=O) groups is 1. The van der Waals surface area contributed by atoms with E-state index in [1.165, 1.54) is 0 Å². The molecule has 2 aromatic rings. The standard InChI is InChI=1S/C12H12N2OS/c15-12-9(2-1-5-13-12)8-3-4-10-11(6-8)16-7-14-10/h3-4,6-7,9H,1-2,5H2,(H,13,15). The van der Waals surface area contributed by atoms with Gasteiger partial charge in [0.1, 0.15) is 0 Å². The summed E-state index contributed by atoms with van der Waals surface area (Å²) in [6, 6.07) is 6.13. The third kappa shape index (κ3) is 1.59. The Hall–Kier alpha value is -1.42. The summed E-state index contributed by atoms with van der Waals surface area (Å²) in [6.45, 7) is 0.818. The number of amides is 1. The monoisotopic (exact) mass is 232 g/mol. The Morgan fingerprint density at radius 3 is 3.25 bits per heavy atom. The molecule has 1 fully saturated rings. The number of hydrogen-bond donors (Lipinski definition) is 1. The van der Waals surface area contributed by atoms with Crippen molar-refractivity contribution in [3.63, 3.8) is 0 Å². The van der Waals surface area contributed by atoms with E-state index in [2.05, 4.69) is 16.4 Å². The fourth-order valence-corrected chi connectivity index (χ4v) is 2.90. The second-order valence-corrected chi connectivity index (χ2v) is 4.95. The van der Waals surface area contributed by atoms with Crippen LogP contribution in [0.2, 0.25) is 0 Å². The molecular formula is C12H12N2OS. The molecule has 2 heterocycles. The van der Waals surface area contributed by atoms with Crippen molar-refractivity contribution >= 4 is 27.5 Å². The number of nitrogens with zero attached hydrogens (tertiary/aromatic N) is 1. The highest BCUT2D eigenvalue weighted by molar-refractivity contribution is 7.16. The number of carbonyl (C=O) groups excluding carboxylic acids is 1. The van der Waals surface area contributed by atoms with Gasteiger partial charge in [0.2, 0.25) is 5.91 Å². The van der Waals surface area contributed by atoms with Crippen molar-refractivity contribution in [1.29, 1.82) is 0 Å². The highest BCUT2D eigenvalue weighted by atomic mass is 32.1. The maximum atomic E-state index is 11.7. The van der Waals surface area contributed by atoms with Crippen LogP contribution in [0.3, 0.4) is 0 Å². The van der Waals surface area contributed by atoms with Crippen molar-refractivity contribution in [3.8, 4) is 0 Å². The van der Waals surface area contributed by atoms with Gasteiger partial charge in [-0.15, -0.1) is 11.3 Å². The number of thiazole rings is 1. The van der Waals surface area contributed by atoms with Crippen LogP contribution in [0.4, 0.5) is 0 Å². The van der Waals surface area contributed by atoms with Crippen LogP contribution in [0.15, 0.2) is 23.7 Å². The first kappa shape index (κ1) is 9.78. The molecule has 3 nitrogen and oxygen atoms in total. The van der Waals surface area contributed by atoms with Gasteiger partial charge in [-0.3, -0.25) is 4.79 Å². The molecule has 0 aliphatic carbocycles. The van der Waals surface area contributed by atoms with Gasteiger partial charge in [-0.25, -0.2) is 4.98 Å². The summed E-state index contributed by atoms with van der Waals surface area (Å²) in [6.07, 6.45) is 2.02. The van der Waals surface area contributed by atoms with Gasteiger partial charge in [-0.05, 0) is 30.5 Å².